The molecule has 4 rings (SSSR count). The van der Waals surface area contributed by atoms with Crippen LogP contribution in [0.1, 0.15) is 38.5 Å². The highest BCUT2D eigenvalue weighted by Gasteiger charge is 2.30. The van der Waals surface area contributed by atoms with Crippen molar-refractivity contribution in [2.24, 2.45) is 0 Å². The summed E-state index contributed by atoms with van der Waals surface area (Å²) in [6, 6.07) is 9.12. The van der Waals surface area contributed by atoms with Gasteiger partial charge in [0.15, 0.2) is 0 Å². The molecule has 2 aliphatic rings. The molecule has 3 N–H and O–H groups in total. The Balaban J connectivity index is 1.43. The van der Waals surface area contributed by atoms with E-state index in [-0.39, 0.29) is 17.1 Å². The summed E-state index contributed by atoms with van der Waals surface area (Å²) in [6.45, 7) is 0.824. The molecular weight excluding hydrogens is 549 g/mol. The van der Waals surface area contributed by atoms with Crippen LogP contribution in [0.5, 0.6) is 0 Å². The van der Waals surface area contributed by atoms with Crippen LogP contribution in [-0.2, 0) is 10.2 Å². The summed E-state index contributed by atoms with van der Waals surface area (Å²) in [5.41, 5.74) is 0.442. The third kappa shape index (κ3) is 5.89. The Kier molecular flexibility index (Phi) is 7.53. The van der Waals surface area contributed by atoms with Gasteiger partial charge in [-0.3, -0.25) is 4.72 Å². The van der Waals surface area contributed by atoms with Crippen molar-refractivity contribution in [3.05, 3.63) is 51.6 Å². The predicted molar refractivity (Wildman–Crippen MR) is 131 cm³/mol. The van der Waals surface area contributed by atoms with E-state index in [0.29, 0.717) is 25.2 Å². The van der Waals surface area contributed by atoms with Crippen molar-refractivity contribution in [2.75, 3.05) is 23.1 Å². The maximum absolute atomic E-state index is 14.3. The summed E-state index contributed by atoms with van der Waals surface area (Å²) in [5.74, 6) is -1.06. The molecule has 1 aliphatic heterocycles. The highest BCUT2D eigenvalue weighted by Crippen LogP contribution is 2.30. The lowest BCUT2D eigenvalue weighted by molar-refractivity contribution is 0.274. The Morgan fingerprint density at radius 3 is 2.22 bits per heavy atom. The first-order valence-corrected chi connectivity index (χ1v) is 13.4. The van der Waals surface area contributed by atoms with Gasteiger partial charge in [0, 0.05) is 28.7 Å². The fourth-order valence-electron chi connectivity index (χ4n) is 4.34. The molecule has 2 aromatic carbocycles. The van der Waals surface area contributed by atoms with Gasteiger partial charge in [0.2, 0.25) is 0 Å². The maximum atomic E-state index is 14.3. The number of halogens is 3. The average Bonchev–Trinajstić information content (AvgIpc) is 3.25. The molecule has 32 heavy (non-hydrogen) atoms. The molecule has 0 radical (unpaired) electrons. The topological polar surface area (TPSA) is 73.5 Å². The molecule has 1 saturated carbocycles. The largest absolute Gasteiger partial charge is 0.351 e. The fourth-order valence-corrected chi connectivity index (χ4v) is 6.07. The number of anilines is 3. The number of hydrogen-bond donors (Lipinski definition) is 3. The maximum Gasteiger partial charge on any atom is 0.301 e. The van der Waals surface area contributed by atoms with Crippen LogP contribution < -0.4 is 15.4 Å². The smallest absolute Gasteiger partial charge is 0.301 e. The van der Waals surface area contributed by atoms with Crippen LogP contribution in [0, 0.1) is 15.2 Å². The van der Waals surface area contributed by atoms with E-state index in [2.05, 4.69) is 15.4 Å². The predicted octanol–water partition coefficient (Wildman–Crippen LogP) is 4.97. The number of benzene rings is 2. The van der Waals surface area contributed by atoms with E-state index in [0.717, 1.165) is 22.5 Å². The van der Waals surface area contributed by atoms with Gasteiger partial charge in [-0.05, 0) is 84.7 Å². The lowest BCUT2D eigenvalue weighted by atomic mass is 10.1. The molecule has 10 heteroatoms. The van der Waals surface area contributed by atoms with Crippen LogP contribution in [0.2, 0.25) is 0 Å². The van der Waals surface area contributed by atoms with Crippen LogP contribution in [0.15, 0.2) is 36.4 Å². The quantitative estimate of drug-likeness (QED) is 0.408. The minimum absolute atomic E-state index is 0.135. The summed E-state index contributed by atoms with van der Waals surface area (Å²) >= 11 is 1.99. The first kappa shape index (κ1) is 23.7. The molecular formula is C22H27F2IN4O2S. The second-order valence-corrected chi connectivity index (χ2v) is 11.3. The van der Waals surface area contributed by atoms with Crippen LogP contribution in [-0.4, -0.2) is 37.9 Å². The van der Waals surface area contributed by atoms with E-state index in [1.54, 1.807) is 6.07 Å². The summed E-state index contributed by atoms with van der Waals surface area (Å²) < 4.78 is 58.8. The molecule has 1 aliphatic carbocycles. The second kappa shape index (κ2) is 10.2. The van der Waals surface area contributed by atoms with E-state index < -0.39 is 21.8 Å². The summed E-state index contributed by atoms with van der Waals surface area (Å²) in [4.78, 5) is 0. The first-order valence-electron chi connectivity index (χ1n) is 10.9. The molecule has 174 valence electrons. The average molecular weight is 576 g/mol. The third-order valence-electron chi connectivity index (χ3n) is 6.04. The van der Waals surface area contributed by atoms with Gasteiger partial charge in [-0.25, -0.2) is 8.78 Å². The van der Waals surface area contributed by atoms with Gasteiger partial charge in [-0.15, -0.1) is 0 Å². The zero-order valence-corrected chi connectivity index (χ0v) is 20.6. The Morgan fingerprint density at radius 1 is 0.875 bits per heavy atom. The fraction of sp³-hybridized carbons (Fsp3) is 0.455. The monoisotopic (exact) mass is 576 g/mol. The second-order valence-electron chi connectivity index (χ2n) is 8.37. The van der Waals surface area contributed by atoms with Gasteiger partial charge in [0.25, 0.3) is 0 Å². The minimum atomic E-state index is -3.83. The van der Waals surface area contributed by atoms with Crippen molar-refractivity contribution in [1.29, 1.82) is 0 Å². The molecule has 1 heterocycles. The summed E-state index contributed by atoms with van der Waals surface area (Å²) in [7, 11) is -3.83. The third-order valence-corrected chi connectivity index (χ3v) is 8.24. The van der Waals surface area contributed by atoms with Crippen LogP contribution in [0.3, 0.4) is 0 Å². The SMILES string of the molecule is O=S(=O)(Nc1ccc(F)cc1Nc1ccc(I)cc1F)N1CCC(NC2CCCC2)CC1. The van der Waals surface area contributed by atoms with E-state index in [1.807, 2.05) is 22.6 Å². The number of nitrogens with one attached hydrogen (secondary N) is 3. The Labute approximate surface area is 201 Å². The van der Waals surface area contributed by atoms with Crippen molar-refractivity contribution in [1.82, 2.24) is 9.62 Å². The van der Waals surface area contributed by atoms with Gasteiger partial charge >= 0.3 is 10.2 Å². The van der Waals surface area contributed by atoms with Crippen molar-refractivity contribution in [2.45, 2.75) is 50.6 Å². The lowest BCUT2D eigenvalue weighted by Gasteiger charge is -2.33. The molecule has 0 aromatic heterocycles. The van der Waals surface area contributed by atoms with Crippen LogP contribution in [0.4, 0.5) is 25.8 Å². The first-order chi connectivity index (χ1) is 15.3. The summed E-state index contributed by atoms with van der Waals surface area (Å²) in [6.07, 6.45) is 6.41. The Morgan fingerprint density at radius 2 is 1.53 bits per heavy atom. The van der Waals surface area contributed by atoms with Gasteiger partial charge < -0.3 is 10.6 Å². The Bertz CT molecular complexity index is 1060. The van der Waals surface area contributed by atoms with Crippen molar-refractivity contribution in [3.63, 3.8) is 0 Å². The minimum Gasteiger partial charge on any atom is -0.351 e. The highest BCUT2D eigenvalue weighted by molar-refractivity contribution is 14.1. The number of rotatable bonds is 7. The summed E-state index contributed by atoms with van der Waals surface area (Å²) in [5, 5.41) is 6.47. The molecule has 0 unspecified atom stereocenters. The molecule has 0 bridgehead atoms. The van der Waals surface area contributed by atoms with Crippen LogP contribution >= 0.6 is 22.6 Å². The van der Waals surface area contributed by atoms with E-state index in [4.69, 9.17) is 0 Å². The molecule has 2 aromatic rings. The van der Waals surface area contributed by atoms with Gasteiger partial charge in [-0.1, -0.05) is 12.8 Å². The Hall–Kier alpha value is -1.50. The normalized spacial score (nSPS) is 18.7. The lowest BCUT2D eigenvalue weighted by Crippen LogP contribution is -2.48. The van der Waals surface area contributed by atoms with Gasteiger partial charge in [0.05, 0.1) is 17.1 Å². The highest BCUT2D eigenvalue weighted by atomic mass is 127. The van der Waals surface area contributed by atoms with Crippen molar-refractivity contribution in [3.8, 4) is 0 Å². The number of piperidine rings is 1. The standard InChI is InChI=1S/C22H27F2IN4O2S/c23-15-5-7-21(22(13-15)27-20-8-6-16(25)14-19(20)24)28-32(30,31)29-11-9-18(10-12-29)26-17-3-1-2-4-17/h5-8,13-14,17-18,26-28H,1-4,9-12H2. The van der Waals surface area contributed by atoms with E-state index >= 15 is 0 Å². The zero-order valence-electron chi connectivity index (χ0n) is 17.6. The van der Waals surface area contributed by atoms with Crippen molar-refractivity contribution >= 4 is 49.9 Å². The number of hydrogen-bond acceptors (Lipinski definition) is 4. The van der Waals surface area contributed by atoms with Gasteiger partial charge in [-0.2, -0.15) is 12.7 Å². The van der Waals surface area contributed by atoms with E-state index in [1.165, 1.54) is 54.3 Å². The van der Waals surface area contributed by atoms with Crippen molar-refractivity contribution < 1.29 is 17.2 Å². The molecule has 0 spiro atoms. The molecule has 1 saturated heterocycles. The van der Waals surface area contributed by atoms with Crippen LogP contribution in [0.25, 0.3) is 0 Å². The molecule has 0 amide bonds. The number of nitrogens with zero attached hydrogens (tertiary/aromatic N) is 1. The molecule has 2 fully saturated rings. The molecule has 0 atom stereocenters. The molecule has 6 nitrogen and oxygen atoms in total. The zero-order chi connectivity index (χ0) is 22.7. The van der Waals surface area contributed by atoms with Gasteiger partial charge in [0.1, 0.15) is 11.6 Å². The van der Waals surface area contributed by atoms with E-state index in [9.17, 15) is 17.2 Å².